The fraction of sp³-hybridized carbons (Fsp3) is 0.208. The van der Waals surface area contributed by atoms with Gasteiger partial charge in [-0.1, -0.05) is 57.2 Å². The number of aryl methyl sites for hydroxylation is 1. The molecule has 0 saturated carbocycles. The Morgan fingerprint density at radius 2 is 1.72 bits per heavy atom. The smallest absolute Gasteiger partial charge is 0.238 e. The van der Waals surface area contributed by atoms with Gasteiger partial charge in [-0.15, -0.1) is 10.2 Å². The van der Waals surface area contributed by atoms with Crippen LogP contribution < -0.4 is 0 Å². The third kappa shape index (κ3) is 5.30. The number of pyridine rings is 1. The van der Waals surface area contributed by atoms with Crippen molar-refractivity contribution in [3.05, 3.63) is 76.8 Å². The van der Waals surface area contributed by atoms with Crippen LogP contribution in [0.1, 0.15) is 36.8 Å². The van der Waals surface area contributed by atoms with E-state index in [-0.39, 0.29) is 50.3 Å². The van der Waals surface area contributed by atoms with Crippen molar-refractivity contribution in [2.24, 2.45) is 17.3 Å². The molecule has 0 fully saturated rings. The van der Waals surface area contributed by atoms with Gasteiger partial charge in [0.2, 0.25) is 5.88 Å². The summed E-state index contributed by atoms with van der Waals surface area (Å²) >= 11 is 0. The van der Waals surface area contributed by atoms with Crippen molar-refractivity contribution < 1.29 is 35.4 Å². The Morgan fingerprint density at radius 1 is 1.03 bits per heavy atom. The van der Waals surface area contributed by atoms with E-state index in [9.17, 15) is 18.3 Å². The second kappa shape index (κ2) is 10.2. The number of amides is 1. The first kappa shape index (κ1) is 27.0. The fourth-order valence-corrected chi connectivity index (χ4v) is 4.52. The molecule has 36 heavy (non-hydrogen) atoms. The number of hydrogen-bond acceptors (Lipinski definition) is 8. The van der Waals surface area contributed by atoms with Crippen LogP contribution >= 0.6 is 0 Å². The summed E-state index contributed by atoms with van der Waals surface area (Å²) in [5, 5.41) is 23.6. The molecule has 0 bridgehead atoms. The van der Waals surface area contributed by atoms with Crippen LogP contribution in [0.4, 0.5) is 11.4 Å². The van der Waals surface area contributed by atoms with Crippen LogP contribution in [0.15, 0.2) is 75.9 Å². The average molecular weight is 547 g/mol. The van der Waals surface area contributed by atoms with Crippen molar-refractivity contribution in [1.82, 2.24) is 14.8 Å². The Bertz CT molecular complexity index is 1570. The van der Waals surface area contributed by atoms with Crippen LogP contribution in [0, 0.1) is 0 Å². The SMILES string of the molecule is Cn1nc(C(C)(C)C)c(N=Nc2ccccc2C(=O)[N-]S(=O)(=O)c2cccc3cccnc23)c1O.[Fe]. The van der Waals surface area contributed by atoms with E-state index in [0.29, 0.717) is 11.1 Å². The second-order valence-corrected chi connectivity index (χ2v) is 10.4. The molecule has 1 N–H and O–H groups in total. The number of aromatic hydroxyl groups is 1. The number of carbonyl (C=O) groups is 1. The number of para-hydroxylation sites is 1. The maximum atomic E-state index is 13.0. The summed E-state index contributed by atoms with van der Waals surface area (Å²) in [6.07, 6.45) is 1.47. The van der Waals surface area contributed by atoms with E-state index < -0.39 is 21.3 Å². The average Bonchev–Trinajstić information content (AvgIpc) is 3.11. The quantitative estimate of drug-likeness (QED) is 0.266. The van der Waals surface area contributed by atoms with Gasteiger partial charge in [0.1, 0.15) is 10.0 Å². The first-order valence-corrected chi connectivity index (χ1v) is 12.1. The Labute approximate surface area is 219 Å². The normalized spacial score (nSPS) is 12.0. The van der Waals surface area contributed by atoms with Crippen LogP contribution in [-0.2, 0) is 39.6 Å². The van der Waals surface area contributed by atoms with Crippen molar-refractivity contribution >= 4 is 38.2 Å². The maximum Gasteiger partial charge on any atom is 0.238 e. The molecule has 0 radical (unpaired) electrons. The van der Waals surface area contributed by atoms with Crippen molar-refractivity contribution in [2.45, 2.75) is 31.1 Å². The number of azo groups is 1. The standard InChI is InChI=1S/C24H24N6O4S.Fe/c1-24(2,3)21-20(23(32)30(4)28-21)27-26-17-12-6-5-11-16(17)22(31)29-35(33,34)18-13-7-9-15-10-8-14-25-19(15)18;/h5-14H,1-4H3,(H2,26,28,29,31,32);/p-1. The summed E-state index contributed by atoms with van der Waals surface area (Å²) < 4.78 is 30.8. The summed E-state index contributed by atoms with van der Waals surface area (Å²) in [4.78, 5) is 16.9. The zero-order chi connectivity index (χ0) is 25.4. The van der Waals surface area contributed by atoms with Gasteiger partial charge in [0.25, 0.3) is 0 Å². The Hall–Kier alpha value is -3.60. The number of sulfonamides is 1. The monoisotopic (exact) mass is 547 g/mol. The second-order valence-electron chi connectivity index (χ2n) is 8.81. The molecule has 4 rings (SSSR count). The van der Waals surface area contributed by atoms with Crippen LogP contribution in [0.25, 0.3) is 15.6 Å². The molecule has 0 spiro atoms. The molecule has 0 atom stereocenters. The molecule has 1 amide bonds. The number of carbonyl (C=O) groups excluding carboxylic acids is 1. The predicted molar refractivity (Wildman–Crippen MR) is 131 cm³/mol. The van der Waals surface area contributed by atoms with Gasteiger partial charge in [-0.3, -0.25) is 4.98 Å². The van der Waals surface area contributed by atoms with Gasteiger partial charge in [0.15, 0.2) is 5.69 Å². The molecular weight excluding hydrogens is 524 g/mol. The molecule has 0 aliphatic rings. The largest absolute Gasteiger partial charge is 0.537 e. The van der Waals surface area contributed by atoms with Gasteiger partial charge in [0.05, 0.1) is 27.7 Å². The van der Waals surface area contributed by atoms with Crippen LogP contribution in [-0.4, -0.2) is 34.2 Å². The zero-order valence-electron chi connectivity index (χ0n) is 19.9. The zero-order valence-corrected chi connectivity index (χ0v) is 21.8. The van der Waals surface area contributed by atoms with Crippen molar-refractivity contribution in [3.63, 3.8) is 0 Å². The number of benzene rings is 2. The van der Waals surface area contributed by atoms with Crippen molar-refractivity contribution in [3.8, 4) is 5.88 Å². The molecule has 10 nitrogen and oxygen atoms in total. The molecule has 0 aliphatic heterocycles. The van der Waals surface area contributed by atoms with Crippen molar-refractivity contribution in [2.75, 3.05) is 0 Å². The maximum absolute atomic E-state index is 13.0. The first-order valence-electron chi connectivity index (χ1n) is 10.6. The summed E-state index contributed by atoms with van der Waals surface area (Å²) in [5.74, 6) is -1.18. The molecule has 4 aromatic rings. The minimum atomic E-state index is -4.36. The predicted octanol–water partition coefficient (Wildman–Crippen LogP) is 5.29. The number of nitrogens with zero attached hydrogens (tertiary/aromatic N) is 6. The Morgan fingerprint density at radius 3 is 2.44 bits per heavy atom. The van der Waals surface area contributed by atoms with E-state index in [0.717, 1.165) is 0 Å². The summed E-state index contributed by atoms with van der Waals surface area (Å²) in [6, 6.07) is 14.1. The summed E-state index contributed by atoms with van der Waals surface area (Å²) in [6.45, 7) is 5.74. The topological polar surface area (TPSA) is 141 Å². The number of fused-ring (bicyclic) bond motifs is 1. The van der Waals surface area contributed by atoms with E-state index in [1.54, 1.807) is 43.4 Å². The van der Waals surface area contributed by atoms with Gasteiger partial charge in [-0.05, 0) is 18.2 Å². The number of hydrogen-bond donors (Lipinski definition) is 1. The van der Waals surface area contributed by atoms with Crippen molar-refractivity contribution in [1.29, 1.82) is 0 Å². The molecule has 0 saturated heterocycles. The summed E-state index contributed by atoms with van der Waals surface area (Å²) in [7, 11) is -2.78. The van der Waals surface area contributed by atoms with E-state index in [1.165, 1.54) is 29.1 Å². The van der Waals surface area contributed by atoms with Gasteiger partial charge in [0, 0.05) is 46.7 Å². The van der Waals surface area contributed by atoms with E-state index in [4.69, 9.17) is 0 Å². The number of rotatable bonds is 5. The molecule has 2 aromatic carbocycles. The molecule has 2 aromatic heterocycles. The number of aromatic nitrogens is 3. The van der Waals surface area contributed by atoms with Gasteiger partial charge in [-0.25, -0.2) is 13.1 Å². The minimum Gasteiger partial charge on any atom is -0.537 e. The first-order chi connectivity index (χ1) is 16.5. The van der Waals surface area contributed by atoms with E-state index >= 15 is 0 Å². The minimum absolute atomic E-state index is 0. The third-order valence-electron chi connectivity index (χ3n) is 5.17. The van der Waals surface area contributed by atoms with E-state index in [2.05, 4.69) is 25.0 Å². The molecule has 12 heteroatoms. The van der Waals surface area contributed by atoms with Crippen LogP contribution in [0.2, 0.25) is 0 Å². The van der Waals surface area contributed by atoms with Gasteiger partial charge >= 0.3 is 0 Å². The van der Waals surface area contributed by atoms with Gasteiger partial charge < -0.3 is 14.6 Å². The third-order valence-corrected chi connectivity index (χ3v) is 6.46. The fourth-order valence-electron chi connectivity index (χ4n) is 3.44. The molecule has 0 aliphatic carbocycles. The molecule has 188 valence electrons. The Kier molecular flexibility index (Phi) is 7.63. The van der Waals surface area contributed by atoms with Gasteiger partial charge in [-0.2, -0.15) is 5.10 Å². The molecular formula is C24H23FeN6O4S-. The Balaban J connectivity index is 0.00000361. The van der Waals surface area contributed by atoms with E-state index in [1.807, 2.05) is 20.8 Å². The summed E-state index contributed by atoms with van der Waals surface area (Å²) in [5.41, 5.74) is 0.498. The molecule has 2 heterocycles. The molecule has 0 unspecified atom stereocenters. The van der Waals surface area contributed by atoms with Crippen LogP contribution in [0.5, 0.6) is 5.88 Å². The van der Waals surface area contributed by atoms with Crippen LogP contribution in [0.3, 0.4) is 0 Å².